The number of nitrogens with zero attached hydrogens (tertiary/aromatic N) is 1. The van der Waals surface area contributed by atoms with Crippen LogP contribution in [0.4, 0.5) is 0 Å². The molecule has 0 fully saturated rings. The second kappa shape index (κ2) is 5.31. The highest BCUT2D eigenvalue weighted by molar-refractivity contribution is 14.1. The third-order valence-corrected chi connectivity index (χ3v) is 3.17. The molecule has 0 unspecified atom stereocenters. The lowest BCUT2D eigenvalue weighted by Crippen LogP contribution is -2.23. The van der Waals surface area contributed by atoms with Crippen molar-refractivity contribution < 1.29 is 9.32 Å². The second-order valence-corrected chi connectivity index (χ2v) is 4.75. The lowest BCUT2D eigenvalue weighted by atomic mass is 10.2. The molecule has 0 bridgehead atoms. The summed E-state index contributed by atoms with van der Waals surface area (Å²) in [6.45, 7) is 2.19. The molecule has 1 N–H and O–H groups in total. The topological polar surface area (TPSA) is 55.1 Å². The Balaban J connectivity index is 2.01. The highest BCUT2D eigenvalue weighted by Crippen LogP contribution is 2.11. The van der Waals surface area contributed by atoms with Crippen LogP contribution in [0.2, 0.25) is 0 Å². The quantitative estimate of drug-likeness (QED) is 0.872. The summed E-state index contributed by atoms with van der Waals surface area (Å²) in [6.07, 6.45) is 0. The van der Waals surface area contributed by atoms with Crippen molar-refractivity contribution in [3.63, 3.8) is 0 Å². The van der Waals surface area contributed by atoms with Crippen molar-refractivity contribution in [1.82, 2.24) is 10.5 Å². The van der Waals surface area contributed by atoms with Gasteiger partial charge in [-0.15, -0.1) is 0 Å². The standard InChI is InChI=1S/C12H11IN2O2/c1-8-6-9(15-17-8)7-14-12(16)10-4-2-3-5-11(10)13/h2-6H,7H2,1H3,(H,14,16). The van der Waals surface area contributed by atoms with Crippen LogP contribution in [-0.2, 0) is 6.54 Å². The number of halogens is 1. The molecular weight excluding hydrogens is 331 g/mol. The van der Waals surface area contributed by atoms with Crippen LogP contribution in [0.3, 0.4) is 0 Å². The van der Waals surface area contributed by atoms with Crippen molar-refractivity contribution in [2.24, 2.45) is 0 Å². The van der Waals surface area contributed by atoms with Gasteiger partial charge in [-0.1, -0.05) is 17.3 Å². The summed E-state index contributed by atoms with van der Waals surface area (Å²) in [6, 6.07) is 9.24. The Hall–Kier alpha value is -1.37. The number of benzene rings is 1. The molecule has 2 aromatic rings. The molecule has 0 radical (unpaired) electrons. The molecule has 0 aliphatic rings. The van der Waals surface area contributed by atoms with E-state index in [1.54, 1.807) is 12.1 Å². The monoisotopic (exact) mass is 342 g/mol. The van der Waals surface area contributed by atoms with E-state index < -0.39 is 0 Å². The van der Waals surface area contributed by atoms with Gasteiger partial charge in [0.1, 0.15) is 11.5 Å². The lowest BCUT2D eigenvalue weighted by molar-refractivity contribution is 0.0949. The van der Waals surface area contributed by atoms with E-state index >= 15 is 0 Å². The second-order valence-electron chi connectivity index (χ2n) is 3.59. The summed E-state index contributed by atoms with van der Waals surface area (Å²) in [5, 5.41) is 6.62. The minimum Gasteiger partial charge on any atom is -0.361 e. The van der Waals surface area contributed by atoms with Gasteiger partial charge in [0.2, 0.25) is 0 Å². The Kier molecular flexibility index (Phi) is 3.78. The van der Waals surface area contributed by atoms with Crippen molar-refractivity contribution >= 4 is 28.5 Å². The van der Waals surface area contributed by atoms with Gasteiger partial charge in [0, 0.05) is 9.64 Å². The van der Waals surface area contributed by atoms with Crippen LogP contribution < -0.4 is 5.32 Å². The van der Waals surface area contributed by atoms with Crippen molar-refractivity contribution in [2.45, 2.75) is 13.5 Å². The smallest absolute Gasteiger partial charge is 0.252 e. The minimum absolute atomic E-state index is 0.101. The fourth-order valence-corrected chi connectivity index (χ4v) is 2.05. The predicted molar refractivity (Wildman–Crippen MR) is 71.6 cm³/mol. The number of aryl methyl sites for hydroxylation is 1. The first-order chi connectivity index (χ1) is 8.16. The first kappa shape index (κ1) is 12.1. The maximum Gasteiger partial charge on any atom is 0.252 e. The molecule has 0 aliphatic heterocycles. The van der Waals surface area contributed by atoms with E-state index in [9.17, 15) is 4.79 Å². The first-order valence-electron chi connectivity index (χ1n) is 5.12. The van der Waals surface area contributed by atoms with E-state index in [1.165, 1.54) is 0 Å². The van der Waals surface area contributed by atoms with Crippen molar-refractivity contribution in [1.29, 1.82) is 0 Å². The Labute approximate surface area is 113 Å². The Morgan fingerprint density at radius 3 is 2.88 bits per heavy atom. The molecule has 5 heteroatoms. The van der Waals surface area contributed by atoms with Crippen molar-refractivity contribution in [3.8, 4) is 0 Å². The van der Waals surface area contributed by atoms with Crippen LogP contribution >= 0.6 is 22.6 Å². The highest BCUT2D eigenvalue weighted by Gasteiger charge is 2.09. The molecule has 2 rings (SSSR count). The molecule has 0 spiro atoms. The average Bonchev–Trinajstić information content (AvgIpc) is 2.73. The van der Waals surface area contributed by atoms with Gasteiger partial charge in [-0.3, -0.25) is 4.79 Å². The number of nitrogens with one attached hydrogen (secondary N) is 1. The molecule has 0 aliphatic carbocycles. The van der Waals surface area contributed by atoms with Crippen LogP contribution in [0.1, 0.15) is 21.8 Å². The molecular formula is C12H11IN2O2. The number of carbonyl (C=O) groups is 1. The zero-order chi connectivity index (χ0) is 12.3. The molecule has 1 heterocycles. The van der Waals surface area contributed by atoms with E-state index in [2.05, 4.69) is 33.1 Å². The summed E-state index contributed by atoms with van der Waals surface area (Å²) in [4.78, 5) is 11.9. The number of amides is 1. The maximum atomic E-state index is 11.9. The fourth-order valence-electron chi connectivity index (χ4n) is 1.41. The molecule has 0 saturated heterocycles. The van der Waals surface area contributed by atoms with Crippen molar-refractivity contribution in [2.75, 3.05) is 0 Å². The van der Waals surface area contributed by atoms with Gasteiger partial charge in [0.05, 0.1) is 12.1 Å². The largest absolute Gasteiger partial charge is 0.361 e. The molecule has 0 saturated carbocycles. The average molecular weight is 342 g/mol. The van der Waals surface area contributed by atoms with E-state index in [0.717, 1.165) is 15.0 Å². The molecule has 1 aromatic heterocycles. The molecule has 17 heavy (non-hydrogen) atoms. The lowest BCUT2D eigenvalue weighted by Gasteiger charge is -2.04. The van der Waals surface area contributed by atoms with Gasteiger partial charge in [-0.2, -0.15) is 0 Å². The number of aromatic nitrogens is 1. The van der Waals surface area contributed by atoms with Gasteiger partial charge < -0.3 is 9.84 Å². The summed E-state index contributed by atoms with van der Waals surface area (Å²) in [7, 11) is 0. The Morgan fingerprint density at radius 2 is 2.24 bits per heavy atom. The number of hydrogen-bond donors (Lipinski definition) is 1. The van der Waals surface area contributed by atoms with E-state index in [-0.39, 0.29) is 5.91 Å². The first-order valence-corrected chi connectivity index (χ1v) is 6.19. The SMILES string of the molecule is Cc1cc(CNC(=O)c2ccccc2I)no1. The van der Waals surface area contributed by atoms with Gasteiger partial charge in [0.25, 0.3) is 5.91 Å². The Morgan fingerprint density at radius 1 is 1.47 bits per heavy atom. The predicted octanol–water partition coefficient (Wildman–Crippen LogP) is 2.52. The van der Waals surface area contributed by atoms with E-state index in [4.69, 9.17) is 4.52 Å². The molecule has 88 valence electrons. The third-order valence-electron chi connectivity index (χ3n) is 2.23. The number of carbonyl (C=O) groups excluding carboxylic acids is 1. The number of hydrogen-bond acceptors (Lipinski definition) is 3. The number of rotatable bonds is 3. The normalized spacial score (nSPS) is 10.2. The van der Waals surface area contributed by atoms with Crippen LogP contribution in [0.15, 0.2) is 34.9 Å². The van der Waals surface area contributed by atoms with Gasteiger partial charge >= 0.3 is 0 Å². The van der Waals surface area contributed by atoms with E-state index in [1.807, 2.05) is 25.1 Å². The molecule has 1 amide bonds. The Bertz CT molecular complexity index is 537. The van der Waals surface area contributed by atoms with Crippen molar-refractivity contribution in [3.05, 3.63) is 50.9 Å². The molecule has 0 atom stereocenters. The zero-order valence-electron chi connectivity index (χ0n) is 9.24. The third kappa shape index (κ3) is 3.06. The molecule has 4 nitrogen and oxygen atoms in total. The van der Waals surface area contributed by atoms with Gasteiger partial charge in [-0.05, 0) is 41.6 Å². The summed E-state index contributed by atoms with van der Waals surface area (Å²) in [5.74, 6) is 0.638. The maximum absolute atomic E-state index is 11.9. The van der Waals surface area contributed by atoms with Crippen LogP contribution in [0.25, 0.3) is 0 Å². The summed E-state index contributed by atoms with van der Waals surface area (Å²) < 4.78 is 5.85. The minimum atomic E-state index is -0.101. The van der Waals surface area contributed by atoms with Crippen LogP contribution in [0.5, 0.6) is 0 Å². The summed E-state index contributed by atoms with van der Waals surface area (Å²) >= 11 is 2.14. The van der Waals surface area contributed by atoms with E-state index in [0.29, 0.717) is 12.1 Å². The van der Waals surface area contributed by atoms with Crippen LogP contribution in [0, 0.1) is 10.5 Å². The zero-order valence-corrected chi connectivity index (χ0v) is 11.4. The summed E-state index contributed by atoms with van der Waals surface area (Å²) in [5.41, 5.74) is 1.40. The van der Waals surface area contributed by atoms with Crippen LogP contribution in [-0.4, -0.2) is 11.1 Å². The van der Waals surface area contributed by atoms with Gasteiger partial charge in [0.15, 0.2) is 0 Å². The molecule has 1 aromatic carbocycles. The van der Waals surface area contributed by atoms with Gasteiger partial charge in [-0.25, -0.2) is 0 Å². The highest BCUT2D eigenvalue weighted by atomic mass is 127. The fraction of sp³-hybridized carbons (Fsp3) is 0.167.